The largest absolute Gasteiger partial charge is 0.299 e. The highest BCUT2D eigenvalue weighted by molar-refractivity contribution is 6.01. The summed E-state index contributed by atoms with van der Waals surface area (Å²) in [7, 11) is 0. The highest BCUT2D eigenvalue weighted by Gasteiger charge is 2.26. The number of ketones is 2. The Hall–Kier alpha value is -1.76. The second kappa shape index (κ2) is 5.81. The summed E-state index contributed by atoms with van der Waals surface area (Å²) < 4.78 is 0. The molecule has 0 saturated carbocycles. The Labute approximate surface area is 81.3 Å². The highest BCUT2D eigenvalue weighted by atomic mass is 16.1. The van der Waals surface area contributed by atoms with Crippen molar-refractivity contribution in [3.63, 3.8) is 0 Å². The molecule has 0 bridgehead atoms. The molecule has 0 aliphatic heterocycles. The fourth-order valence-electron chi connectivity index (χ4n) is 1.23. The van der Waals surface area contributed by atoms with E-state index in [0.29, 0.717) is 0 Å². The molecule has 4 heteroatoms. The lowest BCUT2D eigenvalue weighted by Crippen LogP contribution is -2.26. The minimum absolute atomic E-state index is 0.388. The fourth-order valence-corrected chi connectivity index (χ4v) is 1.23. The molecule has 14 heavy (non-hydrogen) atoms. The van der Waals surface area contributed by atoms with Crippen LogP contribution < -0.4 is 0 Å². The Morgan fingerprint density at radius 1 is 1.00 bits per heavy atom. The first-order chi connectivity index (χ1) is 6.54. The molecule has 0 aliphatic carbocycles. The number of hydrogen-bond donors (Lipinski definition) is 0. The predicted molar refractivity (Wildman–Crippen MR) is 48.9 cm³/mol. The average Bonchev–Trinajstić information content (AvgIpc) is 2.03. The van der Waals surface area contributed by atoms with Gasteiger partial charge in [0.05, 0.1) is 5.92 Å². The second-order valence-corrected chi connectivity index (χ2v) is 2.85. The van der Waals surface area contributed by atoms with Gasteiger partial charge in [0.25, 0.3) is 0 Å². The van der Waals surface area contributed by atoms with E-state index in [0.717, 1.165) is 12.2 Å². The van der Waals surface area contributed by atoms with Crippen molar-refractivity contribution in [1.29, 1.82) is 0 Å². The zero-order valence-electron chi connectivity index (χ0n) is 7.94. The summed E-state index contributed by atoms with van der Waals surface area (Å²) in [6, 6.07) is 0. The van der Waals surface area contributed by atoms with Gasteiger partial charge in [0.2, 0.25) is 0 Å². The van der Waals surface area contributed by atoms with Crippen LogP contribution in [0.3, 0.4) is 0 Å². The Balaban J connectivity index is 5.10. The minimum Gasteiger partial charge on any atom is -0.299 e. The van der Waals surface area contributed by atoms with Gasteiger partial charge in [-0.25, -0.2) is 9.59 Å². The molecule has 0 amide bonds. The smallest absolute Gasteiger partial charge is 0.141 e. The number of carbonyl (C=O) groups excluding carboxylic acids is 4. The monoisotopic (exact) mass is 194 g/mol. The third-order valence-corrected chi connectivity index (χ3v) is 1.78. The van der Waals surface area contributed by atoms with Gasteiger partial charge in [0.1, 0.15) is 23.4 Å². The lowest BCUT2D eigenvalue weighted by Gasteiger charge is -2.13. The predicted octanol–water partition coefficient (Wildman–Crippen LogP) is 0.172. The van der Waals surface area contributed by atoms with Gasteiger partial charge in [-0.1, -0.05) is 0 Å². The molecule has 0 spiro atoms. The molecule has 0 fully saturated rings. The van der Waals surface area contributed by atoms with Crippen molar-refractivity contribution in [2.45, 2.75) is 13.8 Å². The molecule has 0 aromatic carbocycles. The van der Waals surface area contributed by atoms with Gasteiger partial charge in [-0.15, -0.1) is 0 Å². The molecule has 0 aromatic heterocycles. The van der Waals surface area contributed by atoms with Crippen molar-refractivity contribution in [2.75, 3.05) is 0 Å². The van der Waals surface area contributed by atoms with Crippen LogP contribution in [0.2, 0.25) is 0 Å². The lowest BCUT2D eigenvalue weighted by atomic mass is 9.86. The van der Waals surface area contributed by atoms with Crippen molar-refractivity contribution in [1.82, 2.24) is 0 Å². The zero-order valence-corrected chi connectivity index (χ0v) is 7.94. The molecule has 0 aliphatic rings. The Morgan fingerprint density at radius 3 is 1.57 bits per heavy atom. The first-order valence-corrected chi connectivity index (χ1v) is 3.97. The van der Waals surface area contributed by atoms with E-state index in [1.807, 2.05) is 0 Å². The van der Waals surface area contributed by atoms with E-state index in [-0.39, 0.29) is 11.6 Å². The van der Waals surface area contributed by atoms with Crippen LogP contribution in [0.1, 0.15) is 13.8 Å². The van der Waals surface area contributed by atoms with E-state index in [1.165, 1.54) is 25.7 Å². The van der Waals surface area contributed by atoms with E-state index in [9.17, 15) is 19.2 Å². The normalized spacial score (nSPS) is 11.1. The highest BCUT2D eigenvalue weighted by Crippen LogP contribution is 2.16. The van der Waals surface area contributed by atoms with E-state index < -0.39 is 11.8 Å². The van der Waals surface area contributed by atoms with Gasteiger partial charge >= 0.3 is 0 Å². The Bertz CT molecular complexity index is 292. The third kappa shape index (κ3) is 3.31. The van der Waals surface area contributed by atoms with Crippen LogP contribution in [0.15, 0.2) is 12.2 Å². The number of Topliss-reactive ketones (excluding diaryl/α,β-unsaturated/α-hetero) is 2. The van der Waals surface area contributed by atoms with Crippen LogP contribution >= 0.6 is 0 Å². The maximum atomic E-state index is 11.1. The SMILES string of the molecule is CC(=O)C(C(C)=O)C(C=C=O)C=C=O. The summed E-state index contributed by atoms with van der Waals surface area (Å²) in [4.78, 5) is 42.3. The molecule has 0 rings (SSSR count). The molecule has 0 saturated heterocycles. The number of rotatable bonds is 5. The summed E-state index contributed by atoms with van der Waals surface area (Å²) in [6.07, 6.45) is 1.94. The number of carbonyl (C=O) groups is 2. The molecule has 0 unspecified atom stereocenters. The van der Waals surface area contributed by atoms with Crippen LogP contribution in [0.5, 0.6) is 0 Å². The van der Waals surface area contributed by atoms with Crippen LogP contribution in [0.25, 0.3) is 0 Å². The minimum atomic E-state index is -0.988. The molecule has 74 valence electrons. The first kappa shape index (κ1) is 12.2. The standard InChI is InChI=1S/C10H10O4/c1-7(13)10(8(2)14)9(3-5-11)4-6-12/h3-4,9-10H,1-2H3. The van der Waals surface area contributed by atoms with Gasteiger partial charge in [-0.2, -0.15) is 0 Å². The Morgan fingerprint density at radius 2 is 1.36 bits per heavy atom. The van der Waals surface area contributed by atoms with Crippen LogP contribution in [0, 0.1) is 11.8 Å². The van der Waals surface area contributed by atoms with Crippen molar-refractivity contribution in [2.24, 2.45) is 11.8 Å². The van der Waals surface area contributed by atoms with E-state index >= 15 is 0 Å². The maximum Gasteiger partial charge on any atom is 0.141 e. The number of allylic oxidation sites excluding steroid dienone is 2. The zero-order chi connectivity index (χ0) is 11.1. The third-order valence-electron chi connectivity index (χ3n) is 1.78. The van der Waals surface area contributed by atoms with Crippen LogP contribution in [0.4, 0.5) is 0 Å². The molecular formula is C10H10O4. The lowest BCUT2D eigenvalue weighted by molar-refractivity contribution is -0.131. The van der Waals surface area contributed by atoms with Crippen molar-refractivity contribution < 1.29 is 19.2 Å². The van der Waals surface area contributed by atoms with E-state index in [4.69, 9.17) is 0 Å². The summed E-state index contributed by atoms with van der Waals surface area (Å²) in [5.41, 5.74) is 0. The number of hydrogen-bond acceptors (Lipinski definition) is 4. The van der Waals surface area contributed by atoms with Gasteiger partial charge in [0.15, 0.2) is 0 Å². The van der Waals surface area contributed by atoms with Crippen molar-refractivity contribution in [3.8, 4) is 0 Å². The molecular weight excluding hydrogens is 184 g/mol. The summed E-state index contributed by atoms with van der Waals surface area (Å²) in [6.45, 7) is 2.46. The molecule has 0 heterocycles. The Kier molecular flexibility index (Phi) is 5.08. The molecule has 4 nitrogen and oxygen atoms in total. The van der Waals surface area contributed by atoms with Crippen molar-refractivity contribution >= 4 is 23.4 Å². The van der Waals surface area contributed by atoms with Gasteiger partial charge in [-0.3, -0.25) is 9.59 Å². The summed E-state index contributed by atoms with van der Waals surface area (Å²) in [5.74, 6) is 0.308. The topological polar surface area (TPSA) is 68.3 Å². The summed E-state index contributed by atoms with van der Waals surface area (Å²) >= 11 is 0. The van der Waals surface area contributed by atoms with Gasteiger partial charge in [-0.05, 0) is 13.8 Å². The first-order valence-electron chi connectivity index (χ1n) is 3.97. The maximum absolute atomic E-state index is 11.1. The van der Waals surface area contributed by atoms with Crippen LogP contribution in [-0.4, -0.2) is 23.4 Å². The average molecular weight is 194 g/mol. The van der Waals surface area contributed by atoms with Crippen LogP contribution in [-0.2, 0) is 19.2 Å². The molecule has 0 radical (unpaired) electrons. The van der Waals surface area contributed by atoms with E-state index in [2.05, 4.69) is 0 Å². The summed E-state index contributed by atoms with van der Waals surface area (Å²) in [5, 5.41) is 0. The molecule has 0 aromatic rings. The fraction of sp³-hybridized carbons (Fsp3) is 0.400. The molecule has 0 atom stereocenters. The second-order valence-electron chi connectivity index (χ2n) is 2.85. The van der Waals surface area contributed by atoms with Gasteiger partial charge in [0, 0.05) is 18.1 Å². The van der Waals surface area contributed by atoms with Gasteiger partial charge < -0.3 is 0 Å². The molecule has 0 N–H and O–H groups in total. The quantitative estimate of drug-likeness (QED) is 0.462. The van der Waals surface area contributed by atoms with Crippen molar-refractivity contribution in [3.05, 3.63) is 12.2 Å². The van der Waals surface area contributed by atoms with E-state index in [1.54, 1.807) is 0 Å².